The average Bonchev–Trinajstić information content (AvgIpc) is 2.88. The molecule has 2 heterocycles. The molecule has 1 N–H and O–H groups in total. The molecular formula is C16H16ClN3O. The molecular weight excluding hydrogens is 286 g/mol. The van der Waals surface area contributed by atoms with Crippen molar-refractivity contribution in [2.45, 2.75) is 13.5 Å². The summed E-state index contributed by atoms with van der Waals surface area (Å²) in [5.74, 6) is 0.854. The minimum absolute atomic E-state index is 0.628. The second-order valence-corrected chi connectivity index (χ2v) is 5.06. The highest BCUT2D eigenvalue weighted by molar-refractivity contribution is 6.30. The summed E-state index contributed by atoms with van der Waals surface area (Å²) in [5, 5.41) is 4.05. The van der Waals surface area contributed by atoms with E-state index in [0.29, 0.717) is 18.2 Å². The molecule has 0 unspecified atom stereocenters. The van der Waals surface area contributed by atoms with Gasteiger partial charge in [-0.1, -0.05) is 23.7 Å². The predicted molar refractivity (Wildman–Crippen MR) is 85.1 cm³/mol. The highest BCUT2D eigenvalue weighted by atomic mass is 35.5. The first-order valence-electron chi connectivity index (χ1n) is 6.85. The fraction of sp³-hybridized carbons (Fsp3) is 0.188. The summed E-state index contributed by atoms with van der Waals surface area (Å²) in [4.78, 5) is 4.55. The van der Waals surface area contributed by atoms with Gasteiger partial charge in [-0.15, -0.1) is 0 Å². The summed E-state index contributed by atoms with van der Waals surface area (Å²) in [6.07, 6.45) is 3.82. The number of halogens is 1. The van der Waals surface area contributed by atoms with E-state index in [0.717, 1.165) is 22.8 Å². The van der Waals surface area contributed by atoms with Gasteiger partial charge in [-0.05, 0) is 31.2 Å². The molecule has 0 aliphatic rings. The summed E-state index contributed by atoms with van der Waals surface area (Å²) < 4.78 is 7.52. The fourth-order valence-electron chi connectivity index (χ4n) is 2.18. The van der Waals surface area contributed by atoms with Crippen molar-refractivity contribution in [2.75, 3.05) is 11.9 Å². The lowest BCUT2D eigenvalue weighted by atomic mass is 10.3. The van der Waals surface area contributed by atoms with Gasteiger partial charge in [0.25, 0.3) is 0 Å². The van der Waals surface area contributed by atoms with Crippen molar-refractivity contribution in [1.29, 1.82) is 0 Å². The largest absolute Gasteiger partial charge is 0.492 e. The average molecular weight is 302 g/mol. The first-order chi connectivity index (χ1) is 10.3. The van der Waals surface area contributed by atoms with Crippen LogP contribution >= 0.6 is 11.6 Å². The molecule has 3 aromatic rings. The molecule has 0 amide bonds. The van der Waals surface area contributed by atoms with E-state index in [1.165, 1.54) is 0 Å². The molecule has 1 aromatic carbocycles. The van der Waals surface area contributed by atoms with E-state index in [9.17, 15) is 0 Å². The third kappa shape index (κ3) is 3.11. The SMILES string of the molecule is CCOc1ccccc1NCc1cn2cc(Cl)ccc2n1. The molecule has 3 rings (SSSR count). The Morgan fingerprint density at radius 3 is 2.90 bits per heavy atom. The molecule has 0 atom stereocenters. The van der Waals surface area contributed by atoms with Gasteiger partial charge in [-0.3, -0.25) is 0 Å². The molecule has 0 aliphatic carbocycles. The summed E-state index contributed by atoms with van der Waals surface area (Å²) in [7, 11) is 0. The number of hydrogen-bond acceptors (Lipinski definition) is 3. The van der Waals surface area contributed by atoms with Gasteiger partial charge in [-0.2, -0.15) is 0 Å². The van der Waals surface area contributed by atoms with Gasteiger partial charge in [0.1, 0.15) is 11.4 Å². The van der Waals surface area contributed by atoms with Crippen LogP contribution in [0.4, 0.5) is 5.69 Å². The molecule has 4 nitrogen and oxygen atoms in total. The maximum absolute atomic E-state index is 5.98. The normalized spacial score (nSPS) is 10.8. The predicted octanol–water partition coefficient (Wildman–Crippen LogP) is 4.00. The lowest BCUT2D eigenvalue weighted by Gasteiger charge is -2.10. The number of aromatic nitrogens is 2. The molecule has 0 bridgehead atoms. The first-order valence-corrected chi connectivity index (χ1v) is 7.23. The van der Waals surface area contributed by atoms with Crippen molar-refractivity contribution in [3.05, 3.63) is 59.5 Å². The number of imidazole rings is 1. The van der Waals surface area contributed by atoms with Gasteiger partial charge in [0.05, 0.1) is 29.6 Å². The Hall–Kier alpha value is -2.20. The van der Waals surface area contributed by atoms with Gasteiger partial charge >= 0.3 is 0 Å². The van der Waals surface area contributed by atoms with Crippen molar-refractivity contribution in [1.82, 2.24) is 9.38 Å². The number of rotatable bonds is 5. The summed E-state index contributed by atoms with van der Waals surface area (Å²) in [6, 6.07) is 11.6. The van der Waals surface area contributed by atoms with Crippen molar-refractivity contribution in [3.63, 3.8) is 0 Å². The Morgan fingerprint density at radius 2 is 2.05 bits per heavy atom. The Balaban J connectivity index is 1.77. The highest BCUT2D eigenvalue weighted by Gasteiger charge is 2.05. The number of pyridine rings is 1. The van der Waals surface area contributed by atoms with E-state index >= 15 is 0 Å². The second kappa shape index (κ2) is 6.06. The molecule has 0 aliphatic heterocycles. The van der Waals surface area contributed by atoms with Crippen molar-refractivity contribution in [2.24, 2.45) is 0 Å². The molecule has 108 valence electrons. The number of nitrogens with one attached hydrogen (secondary N) is 1. The van der Waals surface area contributed by atoms with Gasteiger partial charge in [-0.25, -0.2) is 4.98 Å². The van der Waals surface area contributed by atoms with Crippen LogP contribution in [0.3, 0.4) is 0 Å². The first kappa shape index (κ1) is 13.8. The molecule has 0 spiro atoms. The van der Waals surface area contributed by atoms with Crippen LogP contribution in [0.1, 0.15) is 12.6 Å². The number of para-hydroxylation sites is 2. The van der Waals surface area contributed by atoms with Gasteiger partial charge in [0, 0.05) is 12.4 Å². The van der Waals surface area contributed by atoms with Gasteiger partial charge in [0.15, 0.2) is 0 Å². The molecule has 0 saturated carbocycles. The minimum atomic E-state index is 0.628. The van der Waals surface area contributed by atoms with Crippen molar-refractivity contribution >= 4 is 22.9 Å². The van der Waals surface area contributed by atoms with E-state index in [1.54, 1.807) is 0 Å². The Labute approximate surface area is 128 Å². The van der Waals surface area contributed by atoms with E-state index in [4.69, 9.17) is 16.3 Å². The number of fused-ring (bicyclic) bond motifs is 1. The third-order valence-electron chi connectivity index (χ3n) is 3.11. The van der Waals surface area contributed by atoms with Crippen LogP contribution in [0.2, 0.25) is 5.02 Å². The number of nitrogens with zero attached hydrogens (tertiary/aromatic N) is 2. The molecule has 21 heavy (non-hydrogen) atoms. The van der Waals surface area contributed by atoms with E-state index in [-0.39, 0.29) is 0 Å². The number of anilines is 1. The lowest BCUT2D eigenvalue weighted by molar-refractivity contribution is 0.341. The zero-order valence-corrected chi connectivity index (χ0v) is 12.5. The van der Waals surface area contributed by atoms with E-state index in [2.05, 4.69) is 10.3 Å². The van der Waals surface area contributed by atoms with Crippen LogP contribution < -0.4 is 10.1 Å². The molecule has 2 aromatic heterocycles. The highest BCUT2D eigenvalue weighted by Crippen LogP contribution is 2.24. The topological polar surface area (TPSA) is 38.6 Å². The van der Waals surface area contributed by atoms with E-state index < -0.39 is 0 Å². The van der Waals surface area contributed by atoms with Gasteiger partial charge < -0.3 is 14.5 Å². The fourth-order valence-corrected chi connectivity index (χ4v) is 2.35. The van der Waals surface area contributed by atoms with Crippen LogP contribution in [0.15, 0.2) is 48.8 Å². The Bertz CT molecular complexity index is 754. The lowest BCUT2D eigenvalue weighted by Crippen LogP contribution is -2.02. The van der Waals surface area contributed by atoms with Crippen LogP contribution in [0.5, 0.6) is 5.75 Å². The monoisotopic (exact) mass is 301 g/mol. The Kier molecular flexibility index (Phi) is 3.97. The standard InChI is InChI=1S/C16H16ClN3O/c1-2-21-15-6-4-3-5-14(15)18-9-13-11-20-10-12(17)7-8-16(20)19-13/h3-8,10-11,18H,2,9H2,1H3. The number of ether oxygens (including phenoxy) is 1. The molecule has 0 saturated heterocycles. The number of hydrogen-bond donors (Lipinski definition) is 1. The number of benzene rings is 1. The molecule has 0 fully saturated rings. The van der Waals surface area contributed by atoms with Gasteiger partial charge in [0.2, 0.25) is 0 Å². The summed E-state index contributed by atoms with van der Waals surface area (Å²) in [6.45, 7) is 3.25. The Morgan fingerprint density at radius 1 is 1.19 bits per heavy atom. The van der Waals surface area contributed by atoms with Crippen LogP contribution in [0.25, 0.3) is 5.65 Å². The van der Waals surface area contributed by atoms with Crippen molar-refractivity contribution < 1.29 is 4.74 Å². The van der Waals surface area contributed by atoms with Crippen LogP contribution in [0, 0.1) is 0 Å². The minimum Gasteiger partial charge on any atom is -0.492 e. The smallest absolute Gasteiger partial charge is 0.142 e. The zero-order valence-electron chi connectivity index (χ0n) is 11.7. The molecule has 5 heteroatoms. The summed E-state index contributed by atoms with van der Waals surface area (Å²) in [5.41, 5.74) is 2.80. The third-order valence-corrected chi connectivity index (χ3v) is 3.34. The quantitative estimate of drug-likeness (QED) is 0.774. The summed E-state index contributed by atoms with van der Waals surface area (Å²) >= 11 is 5.98. The maximum Gasteiger partial charge on any atom is 0.142 e. The molecule has 0 radical (unpaired) electrons. The zero-order chi connectivity index (χ0) is 14.7. The maximum atomic E-state index is 5.98. The second-order valence-electron chi connectivity index (χ2n) is 4.63. The van der Waals surface area contributed by atoms with Crippen LogP contribution in [-0.2, 0) is 6.54 Å². The van der Waals surface area contributed by atoms with Crippen molar-refractivity contribution in [3.8, 4) is 5.75 Å². The van der Waals surface area contributed by atoms with E-state index in [1.807, 2.05) is 60.1 Å². The van der Waals surface area contributed by atoms with Crippen LogP contribution in [-0.4, -0.2) is 16.0 Å².